The first-order valence-electron chi connectivity index (χ1n) is 2.11. The SMILES string of the molecule is C=CCS(=O)(=O)C(Cl)Cl. The van der Waals surface area contributed by atoms with Gasteiger partial charge in [0.15, 0.2) is 9.84 Å². The Balaban J connectivity index is 4.22. The van der Waals surface area contributed by atoms with Gasteiger partial charge in [-0.25, -0.2) is 8.42 Å². The zero-order valence-corrected chi connectivity index (χ0v) is 6.88. The molecule has 0 aromatic heterocycles. The number of sulfone groups is 1. The van der Waals surface area contributed by atoms with Gasteiger partial charge in [0, 0.05) is 0 Å². The molecule has 0 heterocycles. The second-order valence-corrected chi connectivity index (χ2v) is 5.12. The van der Waals surface area contributed by atoms with Crippen molar-refractivity contribution >= 4 is 33.0 Å². The van der Waals surface area contributed by atoms with Crippen molar-refractivity contribution in [2.75, 3.05) is 5.75 Å². The molecule has 9 heavy (non-hydrogen) atoms. The lowest BCUT2D eigenvalue weighted by Crippen LogP contribution is -2.11. The molecule has 0 aromatic rings. The van der Waals surface area contributed by atoms with E-state index in [1.54, 1.807) is 0 Å². The molecular weight excluding hydrogens is 183 g/mol. The predicted molar refractivity (Wildman–Crippen MR) is 39.5 cm³/mol. The lowest BCUT2D eigenvalue weighted by atomic mass is 10.8. The number of halogens is 2. The summed E-state index contributed by atoms with van der Waals surface area (Å²) in [5.41, 5.74) is 0. The van der Waals surface area contributed by atoms with Crippen LogP contribution in [0.1, 0.15) is 0 Å². The Morgan fingerprint density at radius 2 is 2.00 bits per heavy atom. The molecule has 5 heteroatoms. The minimum absolute atomic E-state index is 0.176. The number of hydrogen-bond donors (Lipinski definition) is 0. The van der Waals surface area contributed by atoms with E-state index < -0.39 is 14.0 Å². The molecule has 0 saturated carbocycles. The zero-order valence-electron chi connectivity index (χ0n) is 4.55. The summed E-state index contributed by atoms with van der Waals surface area (Å²) in [6.45, 7) is 3.23. The summed E-state index contributed by atoms with van der Waals surface area (Å²) >= 11 is 10.2. The Morgan fingerprint density at radius 1 is 1.56 bits per heavy atom. The van der Waals surface area contributed by atoms with E-state index in [4.69, 9.17) is 23.2 Å². The highest BCUT2D eigenvalue weighted by atomic mass is 35.5. The van der Waals surface area contributed by atoms with Gasteiger partial charge in [0.05, 0.1) is 5.75 Å². The van der Waals surface area contributed by atoms with Crippen LogP contribution in [-0.4, -0.2) is 18.3 Å². The van der Waals surface area contributed by atoms with Crippen LogP contribution in [0, 0.1) is 0 Å². The van der Waals surface area contributed by atoms with Crippen LogP contribution in [0.3, 0.4) is 0 Å². The molecule has 0 atom stereocenters. The van der Waals surface area contributed by atoms with Crippen LogP contribution in [0.25, 0.3) is 0 Å². The lowest BCUT2D eigenvalue weighted by Gasteiger charge is -1.97. The molecule has 0 fully saturated rings. The van der Waals surface area contributed by atoms with E-state index in [9.17, 15) is 8.42 Å². The van der Waals surface area contributed by atoms with Crippen LogP contribution in [0.15, 0.2) is 12.7 Å². The van der Waals surface area contributed by atoms with Gasteiger partial charge in [0.1, 0.15) is 0 Å². The standard InChI is InChI=1S/C4H6Cl2O2S/c1-2-3-9(7,8)4(5)6/h2,4H,1,3H2. The van der Waals surface area contributed by atoms with E-state index in [2.05, 4.69) is 6.58 Å². The van der Waals surface area contributed by atoms with Crippen molar-refractivity contribution in [2.45, 2.75) is 4.17 Å². The van der Waals surface area contributed by atoms with Crippen molar-refractivity contribution in [3.8, 4) is 0 Å². The van der Waals surface area contributed by atoms with Crippen LogP contribution < -0.4 is 0 Å². The molecule has 0 amide bonds. The molecule has 0 bridgehead atoms. The summed E-state index contributed by atoms with van der Waals surface area (Å²) < 4.78 is 19.9. The minimum atomic E-state index is -3.34. The highest BCUT2D eigenvalue weighted by Crippen LogP contribution is 2.11. The van der Waals surface area contributed by atoms with E-state index in [1.807, 2.05) is 0 Å². The van der Waals surface area contributed by atoms with Crippen LogP contribution in [0.2, 0.25) is 0 Å². The summed E-state index contributed by atoms with van der Waals surface area (Å²) in [6, 6.07) is 0. The van der Waals surface area contributed by atoms with E-state index >= 15 is 0 Å². The average molecular weight is 189 g/mol. The van der Waals surface area contributed by atoms with E-state index in [1.165, 1.54) is 6.08 Å². The van der Waals surface area contributed by atoms with Gasteiger partial charge in [-0.3, -0.25) is 0 Å². The molecule has 0 unspecified atom stereocenters. The molecule has 0 aliphatic heterocycles. The van der Waals surface area contributed by atoms with Gasteiger partial charge in [-0.15, -0.1) is 6.58 Å². The first kappa shape index (κ1) is 9.27. The summed E-state index contributed by atoms with van der Waals surface area (Å²) in [5.74, 6) is -0.176. The van der Waals surface area contributed by atoms with E-state index in [0.717, 1.165) is 0 Å². The second-order valence-electron chi connectivity index (χ2n) is 1.38. The highest BCUT2D eigenvalue weighted by molar-refractivity contribution is 7.94. The van der Waals surface area contributed by atoms with E-state index in [0.29, 0.717) is 0 Å². The summed E-state index contributed by atoms with van der Waals surface area (Å²) in [4.78, 5) is 0. The fraction of sp³-hybridized carbons (Fsp3) is 0.500. The molecule has 0 spiro atoms. The Labute approximate surface area is 64.4 Å². The lowest BCUT2D eigenvalue weighted by molar-refractivity contribution is 0.601. The van der Waals surface area contributed by atoms with Crippen molar-refractivity contribution in [2.24, 2.45) is 0 Å². The third kappa shape index (κ3) is 3.08. The fourth-order valence-corrected chi connectivity index (χ4v) is 1.15. The maximum Gasteiger partial charge on any atom is 0.208 e. The van der Waals surface area contributed by atoms with Crippen molar-refractivity contribution in [1.29, 1.82) is 0 Å². The zero-order chi connectivity index (χ0) is 7.49. The molecule has 2 nitrogen and oxygen atoms in total. The number of alkyl halides is 2. The molecule has 0 aromatic carbocycles. The highest BCUT2D eigenvalue weighted by Gasteiger charge is 2.17. The maximum absolute atomic E-state index is 10.6. The Hall–Kier alpha value is 0.270. The van der Waals surface area contributed by atoms with Crippen molar-refractivity contribution in [1.82, 2.24) is 0 Å². The van der Waals surface area contributed by atoms with Crippen molar-refractivity contribution in [3.63, 3.8) is 0 Å². The number of hydrogen-bond acceptors (Lipinski definition) is 2. The third-order valence-electron chi connectivity index (χ3n) is 0.622. The van der Waals surface area contributed by atoms with E-state index in [-0.39, 0.29) is 5.75 Å². The van der Waals surface area contributed by atoms with Gasteiger partial charge in [-0.1, -0.05) is 29.3 Å². The molecule has 0 aliphatic rings. The monoisotopic (exact) mass is 188 g/mol. The second kappa shape index (κ2) is 3.44. The molecule has 0 rings (SSSR count). The summed E-state index contributed by atoms with van der Waals surface area (Å²) in [5, 5.41) is 0. The first-order chi connectivity index (χ1) is 4.00. The van der Waals surface area contributed by atoms with Crippen molar-refractivity contribution in [3.05, 3.63) is 12.7 Å². The first-order valence-corrected chi connectivity index (χ1v) is 4.70. The quantitative estimate of drug-likeness (QED) is 0.496. The van der Waals surface area contributed by atoms with Gasteiger partial charge >= 0.3 is 0 Å². The molecule has 0 N–H and O–H groups in total. The molecule has 54 valence electrons. The third-order valence-corrected chi connectivity index (χ3v) is 3.49. The smallest absolute Gasteiger partial charge is 0.208 e. The minimum Gasteiger partial charge on any atom is -0.226 e. The number of rotatable bonds is 3. The predicted octanol–water partition coefficient (Wildman–Crippen LogP) is 1.35. The largest absolute Gasteiger partial charge is 0.226 e. The van der Waals surface area contributed by atoms with Gasteiger partial charge in [-0.05, 0) is 0 Å². The topological polar surface area (TPSA) is 34.1 Å². The van der Waals surface area contributed by atoms with Gasteiger partial charge in [0.2, 0.25) is 4.17 Å². The van der Waals surface area contributed by atoms with Crippen molar-refractivity contribution < 1.29 is 8.42 Å². The fourth-order valence-electron chi connectivity index (χ4n) is 0.237. The maximum atomic E-state index is 10.6. The normalized spacial score (nSPS) is 11.9. The Morgan fingerprint density at radius 3 is 2.11 bits per heavy atom. The summed E-state index contributed by atoms with van der Waals surface area (Å²) in [7, 11) is -3.34. The van der Waals surface area contributed by atoms with Gasteiger partial charge in [0.25, 0.3) is 0 Å². The Kier molecular flexibility index (Phi) is 3.54. The molecule has 0 aliphatic carbocycles. The molecule has 0 saturated heterocycles. The molecular formula is C4H6Cl2O2S. The summed E-state index contributed by atoms with van der Waals surface area (Å²) in [6.07, 6.45) is 1.24. The van der Waals surface area contributed by atoms with Crippen LogP contribution in [-0.2, 0) is 9.84 Å². The average Bonchev–Trinajstić information content (AvgIpc) is 1.65. The van der Waals surface area contributed by atoms with Crippen LogP contribution in [0.5, 0.6) is 0 Å². The van der Waals surface area contributed by atoms with Gasteiger partial charge in [-0.2, -0.15) is 0 Å². The van der Waals surface area contributed by atoms with Crippen LogP contribution >= 0.6 is 23.2 Å². The molecule has 0 radical (unpaired) electrons. The Bertz CT molecular complexity index is 183. The van der Waals surface area contributed by atoms with Gasteiger partial charge < -0.3 is 0 Å². The van der Waals surface area contributed by atoms with Crippen LogP contribution in [0.4, 0.5) is 0 Å².